The van der Waals surface area contributed by atoms with Crippen LogP contribution < -0.4 is 4.74 Å². The van der Waals surface area contributed by atoms with Gasteiger partial charge in [0.25, 0.3) is 0 Å². The zero-order chi connectivity index (χ0) is 20.9. The third-order valence-corrected chi connectivity index (χ3v) is 4.52. The second-order valence-corrected chi connectivity index (χ2v) is 8.18. The summed E-state index contributed by atoms with van der Waals surface area (Å²) in [5.41, 5.74) is 0.399. The standard InChI is InChI=1S/C21H21N3O3S/c1-14-13-24(20(25)27-21(2,3)4)19(28-14)10-18(16(11-22)12-23)15-6-8-17(26-5)9-7-15/h6-10,13H,1-5H3/b19-10+. The van der Waals surface area contributed by atoms with Gasteiger partial charge in [0.2, 0.25) is 0 Å². The van der Waals surface area contributed by atoms with Crippen molar-refractivity contribution in [2.45, 2.75) is 33.3 Å². The number of nitrogens with zero attached hydrogens (tertiary/aromatic N) is 3. The van der Waals surface area contributed by atoms with Gasteiger partial charge in [0.05, 0.1) is 12.1 Å². The van der Waals surface area contributed by atoms with Crippen LogP contribution in [-0.4, -0.2) is 23.7 Å². The van der Waals surface area contributed by atoms with E-state index in [0.29, 0.717) is 21.9 Å². The van der Waals surface area contributed by atoms with Crippen LogP contribution in [-0.2, 0) is 4.74 Å². The van der Waals surface area contributed by atoms with Gasteiger partial charge in [0.15, 0.2) is 0 Å². The molecular weight excluding hydrogens is 374 g/mol. The Morgan fingerprint density at radius 3 is 2.29 bits per heavy atom. The summed E-state index contributed by atoms with van der Waals surface area (Å²) >= 11 is 1.37. The fourth-order valence-corrected chi connectivity index (χ4v) is 3.27. The molecule has 2 rings (SSSR count). The molecule has 0 aliphatic carbocycles. The second kappa shape index (κ2) is 8.69. The fraction of sp³-hybridized carbons (Fsp3) is 0.286. The Bertz CT molecular complexity index is 923. The number of thioether (sulfide) groups is 1. The highest BCUT2D eigenvalue weighted by atomic mass is 32.2. The van der Waals surface area contributed by atoms with Crippen LogP contribution in [0.3, 0.4) is 0 Å². The Balaban J connectivity index is 2.51. The number of nitriles is 2. The third kappa shape index (κ3) is 5.18. The lowest BCUT2D eigenvalue weighted by Gasteiger charge is -2.24. The Kier molecular flexibility index (Phi) is 6.56. The summed E-state index contributed by atoms with van der Waals surface area (Å²) < 4.78 is 10.6. The van der Waals surface area contributed by atoms with Crippen LogP contribution in [0.2, 0.25) is 0 Å². The number of carbonyl (C=O) groups is 1. The number of rotatable bonds is 3. The molecule has 144 valence electrons. The number of hydrogen-bond donors (Lipinski definition) is 0. The zero-order valence-corrected chi connectivity index (χ0v) is 17.3. The lowest BCUT2D eigenvalue weighted by molar-refractivity contribution is 0.0397. The summed E-state index contributed by atoms with van der Waals surface area (Å²) in [7, 11) is 1.56. The first-order valence-corrected chi connectivity index (χ1v) is 9.29. The van der Waals surface area contributed by atoms with Gasteiger partial charge in [-0.2, -0.15) is 10.5 Å². The Labute approximate surface area is 169 Å². The van der Waals surface area contributed by atoms with Gasteiger partial charge in [-0.1, -0.05) is 23.9 Å². The van der Waals surface area contributed by atoms with Crippen LogP contribution in [0, 0.1) is 22.7 Å². The molecule has 0 aromatic heterocycles. The van der Waals surface area contributed by atoms with Crippen molar-refractivity contribution in [1.82, 2.24) is 4.90 Å². The normalized spacial score (nSPS) is 14.8. The van der Waals surface area contributed by atoms with Crippen molar-refractivity contribution in [3.63, 3.8) is 0 Å². The number of carbonyl (C=O) groups excluding carboxylic acids is 1. The number of methoxy groups -OCH3 is 1. The van der Waals surface area contributed by atoms with E-state index in [4.69, 9.17) is 9.47 Å². The summed E-state index contributed by atoms with van der Waals surface area (Å²) in [6, 6.07) is 10.9. The number of ether oxygens (including phenoxy) is 2. The summed E-state index contributed by atoms with van der Waals surface area (Å²) in [5.74, 6) is 0.661. The largest absolute Gasteiger partial charge is 0.497 e. The van der Waals surface area contributed by atoms with Crippen molar-refractivity contribution in [1.29, 1.82) is 10.5 Å². The van der Waals surface area contributed by atoms with Crippen LogP contribution in [0.15, 0.2) is 52.0 Å². The lowest BCUT2D eigenvalue weighted by atomic mass is 10.0. The molecule has 6 nitrogen and oxygen atoms in total. The van der Waals surface area contributed by atoms with Crippen molar-refractivity contribution in [3.05, 3.63) is 57.6 Å². The van der Waals surface area contributed by atoms with Gasteiger partial charge in [-0.15, -0.1) is 0 Å². The molecule has 0 spiro atoms. The summed E-state index contributed by atoms with van der Waals surface area (Å²) in [5, 5.41) is 19.4. The SMILES string of the molecule is COc1ccc(C(/C=C2/SC(C)=CN2C(=O)OC(C)(C)C)=C(C#N)C#N)cc1. The van der Waals surface area contributed by atoms with E-state index in [1.807, 2.05) is 19.1 Å². The lowest BCUT2D eigenvalue weighted by Crippen LogP contribution is -2.31. The van der Waals surface area contributed by atoms with Gasteiger partial charge in [0.1, 0.15) is 29.1 Å². The summed E-state index contributed by atoms with van der Waals surface area (Å²) in [6.45, 7) is 7.25. The van der Waals surface area contributed by atoms with Gasteiger partial charge in [-0.25, -0.2) is 9.69 Å². The molecule has 1 aliphatic heterocycles. The molecule has 0 fully saturated rings. The van der Waals surface area contributed by atoms with E-state index in [0.717, 1.165) is 4.91 Å². The Morgan fingerprint density at radius 1 is 1.18 bits per heavy atom. The maximum absolute atomic E-state index is 12.6. The van der Waals surface area contributed by atoms with Crippen molar-refractivity contribution < 1.29 is 14.3 Å². The molecule has 1 aliphatic rings. The van der Waals surface area contributed by atoms with Crippen molar-refractivity contribution in [2.24, 2.45) is 0 Å². The van der Waals surface area contributed by atoms with E-state index >= 15 is 0 Å². The molecule has 0 saturated heterocycles. The average molecular weight is 395 g/mol. The van der Waals surface area contributed by atoms with Crippen molar-refractivity contribution >= 4 is 23.4 Å². The fourth-order valence-electron chi connectivity index (χ4n) is 2.38. The van der Waals surface area contributed by atoms with Crippen LogP contribution in [0.4, 0.5) is 4.79 Å². The zero-order valence-electron chi connectivity index (χ0n) is 16.4. The third-order valence-electron chi connectivity index (χ3n) is 3.57. The summed E-state index contributed by atoms with van der Waals surface area (Å²) in [6.07, 6.45) is 2.81. The van der Waals surface area contributed by atoms with Crippen molar-refractivity contribution in [2.75, 3.05) is 7.11 Å². The minimum Gasteiger partial charge on any atom is -0.497 e. The maximum atomic E-state index is 12.6. The molecule has 0 atom stereocenters. The number of amides is 1. The molecule has 1 aromatic rings. The second-order valence-electron chi connectivity index (χ2n) is 6.92. The van der Waals surface area contributed by atoms with Gasteiger partial charge in [-0.05, 0) is 51.5 Å². The van der Waals surface area contributed by atoms with E-state index in [9.17, 15) is 15.3 Å². The average Bonchev–Trinajstić information content (AvgIpc) is 3.01. The highest BCUT2D eigenvalue weighted by Crippen LogP contribution is 2.39. The first-order chi connectivity index (χ1) is 13.2. The van der Waals surface area contributed by atoms with Crippen molar-refractivity contribution in [3.8, 4) is 17.9 Å². The first-order valence-electron chi connectivity index (χ1n) is 8.47. The number of allylic oxidation sites excluding steroid dienone is 4. The molecule has 1 amide bonds. The molecule has 7 heteroatoms. The van der Waals surface area contributed by atoms with Crippen LogP contribution >= 0.6 is 11.8 Å². The van der Waals surface area contributed by atoms with Crippen LogP contribution in [0.1, 0.15) is 33.3 Å². The van der Waals surface area contributed by atoms with E-state index in [2.05, 4.69) is 0 Å². The highest BCUT2D eigenvalue weighted by molar-refractivity contribution is 8.06. The minimum absolute atomic E-state index is 0.0491. The topological polar surface area (TPSA) is 86.3 Å². The Hall–Kier alpha value is -3.16. The van der Waals surface area contributed by atoms with Gasteiger partial charge in [0, 0.05) is 16.7 Å². The summed E-state index contributed by atoms with van der Waals surface area (Å²) in [4.78, 5) is 14.9. The molecule has 0 radical (unpaired) electrons. The van der Waals surface area contributed by atoms with Gasteiger partial charge in [-0.3, -0.25) is 0 Å². The van der Waals surface area contributed by atoms with E-state index in [-0.39, 0.29) is 5.57 Å². The predicted octanol–water partition coefficient (Wildman–Crippen LogP) is 5.18. The smallest absolute Gasteiger partial charge is 0.419 e. The monoisotopic (exact) mass is 395 g/mol. The molecule has 1 heterocycles. The van der Waals surface area contributed by atoms with Crippen LogP contribution in [0.5, 0.6) is 5.75 Å². The van der Waals surface area contributed by atoms with E-state index in [1.165, 1.54) is 16.7 Å². The molecule has 1 aromatic carbocycles. The van der Waals surface area contributed by atoms with E-state index < -0.39 is 11.7 Å². The predicted molar refractivity (Wildman–Crippen MR) is 109 cm³/mol. The molecular formula is C21H21N3O3S. The molecule has 28 heavy (non-hydrogen) atoms. The molecule has 0 unspecified atom stereocenters. The minimum atomic E-state index is -0.643. The van der Waals surface area contributed by atoms with Gasteiger partial charge < -0.3 is 9.47 Å². The number of benzene rings is 1. The van der Waals surface area contributed by atoms with Crippen LogP contribution in [0.25, 0.3) is 5.57 Å². The van der Waals surface area contributed by atoms with Gasteiger partial charge >= 0.3 is 6.09 Å². The quantitative estimate of drug-likeness (QED) is 0.655. The van der Waals surface area contributed by atoms with E-state index in [1.54, 1.807) is 64.4 Å². The maximum Gasteiger partial charge on any atom is 0.419 e. The number of hydrogen-bond acceptors (Lipinski definition) is 6. The molecule has 0 bridgehead atoms. The first kappa shape index (κ1) is 21.1. The Morgan fingerprint density at radius 2 is 1.79 bits per heavy atom. The molecule has 0 saturated carbocycles. The molecule has 0 N–H and O–H groups in total. The highest BCUT2D eigenvalue weighted by Gasteiger charge is 2.28.